The summed E-state index contributed by atoms with van der Waals surface area (Å²) >= 11 is 0. The van der Waals surface area contributed by atoms with Gasteiger partial charge in [0.1, 0.15) is 0 Å². The van der Waals surface area contributed by atoms with Crippen molar-refractivity contribution in [3.8, 4) is 0 Å². The summed E-state index contributed by atoms with van der Waals surface area (Å²) in [5.41, 5.74) is 10.5. The fraction of sp³-hybridized carbons (Fsp3) is 0.214. The van der Waals surface area contributed by atoms with E-state index in [0.717, 1.165) is 12.1 Å². The van der Waals surface area contributed by atoms with Gasteiger partial charge in [-0.1, -0.05) is 24.3 Å². The quantitative estimate of drug-likeness (QED) is 0.848. The van der Waals surface area contributed by atoms with Gasteiger partial charge in [0.15, 0.2) is 0 Å². The van der Waals surface area contributed by atoms with E-state index < -0.39 is 0 Å². The number of nitrogens with two attached hydrogens (primary N) is 1. The van der Waals surface area contributed by atoms with Crippen LogP contribution in [0.4, 0.5) is 0 Å². The predicted molar refractivity (Wildman–Crippen MR) is 66.1 cm³/mol. The molecule has 1 aromatic heterocycles. The summed E-state index contributed by atoms with van der Waals surface area (Å²) in [6.07, 6.45) is 2.71. The Labute approximate surface area is 96.1 Å². The van der Waals surface area contributed by atoms with Crippen molar-refractivity contribution in [2.24, 2.45) is 5.73 Å². The van der Waals surface area contributed by atoms with Crippen LogP contribution in [0.3, 0.4) is 0 Å². The molecule has 16 heavy (non-hydrogen) atoms. The Morgan fingerprint density at radius 1 is 1.19 bits per heavy atom. The minimum absolute atomic E-state index is 0.593. The Kier molecular flexibility index (Phi) is 3.32. The average molecular weight is 212 g/mol. The van der Waals surface area contributed by atoms with Crippen LogP contribution in [-0.4, -0.2) is 4.98 Å². The van der Waals surface area contributed by atoms with Gasteiger partial charge < -0.3 is 5.73 Å². The molecule has 0 aliphatic carbocycles. The third-order valence-corrected chi connectivity index (χ3v) is 2.75. The maximum Gasteiger partial charge on any atom is 0.0447 e. The number of hydrogen-bond donors (Lipinski definition) is 1. The molecule has 0 atom stereocenters. The highest BCUT2D eigenvalue weighted by Crippen LogP contribution is 2.14. The van der Waals surface area contributed by atoms with Crippen molar-refractivity contribution >= 4 is 0 Å². The number of benzene rings is 1. The van der Waals surface area contributed by atoms with E-state index in [4.69, 9.17) is 5.73 Å². The van der Waals surface area contributed by atoms with Gasteiger partial charge in [0, 0.05) is 24.9 Å². The summed E-state index contributed by atoms with van der Waals surface area (Å²) in [4.78, 5) is 4.34. The molecule has 2 heteroatoms. The van der Waals surface area contributed by atoms with Crippen LogP contribution in [0.5, 0.6) is 0 Å². The predicted octanol–water partition coefficient (Wildman–Crippen LogP) is 2.44. The van der Waals surface area contributed by atoms with Crippen LogP contribution in [0.1, 0.15) is 22.4 Å². The summed E-state index contributed by atoms with van der Waals surface area (Å²) in [7, 11) is 0. The lowest BCUT2D eigenvalue weighted by Gasteiger charge is -2.07. The molecule has 0 saturated heterocycles. The Morgan fingerprint density at radius 3 is 2.75 bits per heavy atom. The molecule has 0 aliphatic heterocycles. The van der Waals surface area contributed by atoms with Crippen LogP contribution < -0.4 is 5.73 Å². The Balaban J connectivity index is 2.27. The Hall–Kier alpha value is -1.67. The van der Waals surface area contributed by atoms with Gasteiger partial charge in [0.25, 0.3) is 0 Å². The lowest BCUT2D eigenvalue weighted by Crippen LogP contribution is -2.00. The lowest BCUT2D eigenvalue weighted by atomic mass is 10.0. The topological polar surface area (TPSA) is 38.9 Å². The van der Waals surface area contributed by atoms with E-state index in [1.807, 2.05) is 18.3 Å². The molecular weight excluding hydrogens is 196 g/mol. The molecule has 0 radical (unpaired) electrons. The highest BCUT2D eigenvalue weighted by molar-refractivity contribution is 5.33. The van der Waals surface area contributed by atoms with E-state index >= 15 is 0 Å². The maximum absolute atomic E-state index is 5.65. The number of aryl methyl sites for hydroxylation is 1. The van der Waals surface area contributed by atoms with Gasteiger partial charge in [-0.2, -0.15) is 0 Å². The van der Waals surface area contributed by atoms with E-state index in [1.54, 1.807) is 0 Å². The van der Waals surface area contributed by atoms with Gasteiger partial charge >= 0.3 is 0 Å². The Bertz CT molecular complexity index is 463. The molecule has 82 valence electrons. The zero-order valence-corrected chi connectivity index (χ0v) is 9.48. The first-order valence-electron chi connectivity index (χ1n) is 5.48. The van der Waals surface area contributed by atoms with E-state index in [1.165, 1.54) is 16.7 Å². The lowest BCUT2D eigenvalue weighted by molar-refractivity contribution is 1.02. The van der Waals surface area contributed by atoms with Crippen molar-refractivity contribution in [3.05, 3.63) is 65.0 Å². The minimum atomic E-state index is 0.593. The number of nitrogens with zero attached hydrogens (tertiary/aromatic N) is 1. The molecule has 0 unspecified atom stereocenters. The van der Waals surface area contributed by atoms with E-state index in [0.29, 0.717) is 6.54 Å². The van der Waals surface area contributed by atoms with Gasteiger partial charge in [-0.25, -0.2) is 0 Å². The number of pyridine rings is 1. The summed E-state index contributed by atoms with van der Waals surface area (Å²) in [5.74, 6) is 0. The van der Waals surface area contributed by atoms with Gasteiger partial charge in [0.05, 0.1) is 0 Å². The van der Waals surface area contributed by atoms with Crippen molar-refractivity contribution in [2.75, 3.05) is 0 Å². The first-order chi connectivity index (χ1) is 7.79. The van der Waals surface area contributed by atoms with Crippen molar-refractivity contribution in [3.63, 3.8) is 0 Å². The molecule has 2 rings (SSSR count). The van der Waals surface area contributed by atoms with Crippen molar-refractivity contribution in [2.45, 2.75) is 19.9 Å². The SMILES string of the molecule is Cc1ccc(CN)cc1Cc1ccccn1. The van der Waals surface area contributed by atoms with Gasteiger partial charge in [-0.15, -0.1) is 0 Å². The molecule has 0 bridgehead atoms. The van der Waals surface area contributed by atoms with Crippen molar-refractivity contribution in [1.82, 2.24) is 4.98 Å². The molecule has 2 nitrogen and oxygen atoms in total. The summed E-state index contributed by atoms with van der Waals surface area (Å²) in [6, 6.07) is 12.4. The van der Waals surface area contributed by atoms with E-state index in [-0.39, 0.29) is 0 Å². The standard InChI is InChI=1S/C14H16N2/c1-11-5-6-12(10-15)8-13(11)9-14-4-2-3-7-16-14/h2-8H,9-10,15H2,1H3. The van der Waals surface area contributed by atoms with Gasteiger partial charge in [-0.05, 0) is 35.7 Å². The first kappa shape index (κ1) is 10.8. The van der Waals surface area contributed by atoms with Gasteiger partial charge in [-0.3, -0.25) is 4.98 Å². The molecule has 0 fully saturated rings. The highest BCUT2D eigenvalue weighted by atomic mass is 14.7. The molecule has 1 aromatic carbocycles. The average Bonchev–Trinajstić information content (AvgIpc) is 2.33. The molecule has 0 spiro atoms. The summed E-state index contributed by atoms with van der Waals surface area (Å²) in [6.45, 7) is 2.72. The second-order valence-electron chi connectivity index (χ2n) is 3.96. The molecule has 2 N–H and O–H groups in total. The minimum Gasteiger partial charge on any atom is -0.326 e. The van der Waals surface area contributed by atoms with E-state index in [2.05, 4.69) is 36.2 Å². The first-order valence-corrected chi connectivity index (χ1v) is 5.48. The van der Waals surface area contributed by atoms with Crippen LogP contribution in [-0.2, 0) is 13.0 Å². The zero-order valence-electron chi connectivity index (χ0n) is 9.48. The van der Waals surface area contributed by atoms with Crippen LogP contribution in [0.2, 0.25) is 0 Å². The van der Waals surface area contributed by atoms with Crippen molar-refractivity contribution in [1.29, 1.82) is 0 Å². The number of rotatable bonds is 3. The number of hydrogen-bond acceptors (Lipinski definition) is 2. The molecule has 1 heterocycles. The molecule has 0 amide bonds. The van der Waals surface area contributed by atoms with Crippen LogP contribution in [0.15, 0.2) is 42.6 Å². The second kappa shape index (κ2) is 4.90. The number of aromatic nitrogens is 1. The van der Waals surface area contributed by atoms with Crippen LogP contribution in [0.25, 0.3) is 0 Å². The largest absolute Gasteiger partial charge is 0.326 e. The fourth-order valence-electron chi connectivity index (χ4n) is 1.74. The van der Waals surface area contributed by atoms with Crippen LogP contribution >= 0.6 is 0 Å². The van der Waals surface area contributed by atoms with E-state index in [9.17, 15) is 0 Å². The smallest absolute Gasteiger partial charge is 0.0447 e. The third-order valence-electron chi connectivity index (χ3n) is 2.75. The summed E-state index contributed by atoms with van der Waals surface area (Å²) in [5, 5.41) is 0. The molecule has 2 aromatic rings. The summed E-state index contributed by atoms with van der Waals surface area (Å²) < 4.78 is 0. The molecule has 0 aliphatic rings. The van der Waals surface area contributed by atoms with Gasteiger partial charge in [0.2, 0.25) is 0 Å². The molecular formula is C14H16N2. The maximum atomic E-state index is 5.65. The normalized spacial score (nSPS) is 10.4. The zero-order chi connectivity index (χ0) is 11.4. The second-order valence-corrected chi connectivity index (χ2v) is 3.96. The molecule has 0 saturated carbocycles. The third kappa shape index (κ3) is 2.47. The van der Waals surface area contributed by atoms with Crippen molar-refractivity contribution < 1.29 is 0 Å². The van der Waals surface area contributed by atoms with Crippen LogP contribution in [0, 0.1) is 6.92 Å². The highest BCUT2D eigenvalue weighted by Gasteiger charge is 2.02. The monoisotopic (exact) mass is 212 g/mol. The fourth-order valence-corrected chi connectivity index (χ4v) is 1.74. The Morgan fingerprint density at radius 2 is 2.06 bits per heavy atom.